The van der Waals surface area contributed by atoms with Gasteiger partial charge in [-0.05, 0) is 18.6 Å². The number of hydrogen-bond acceptors (Lipinski definition) is 2. The molecule has 1 aromatic rings. The Hall–Kier alpha value is -0.870. The van der Waals surface area contributed by atoms with Crippen molar-refractivity contribution in [3.05, 3.63) is 34.3 Å². The Morgan fingerprint density at radius 1 is 1.44 bits per heavy atom. The number of nitrogens with two attached hydrogens (primary N) is 1. The minimum absolute atomic E-state index is 0.00856. The molecule has 2 atom stereocenters. The summed E-state index contributed by atoms with van der Waals surface area (Å²) < 4.78 is 1.00. The van der Waals surface area contributed by atoms with E-state index in [2.05, 4.69) is 21.2 Å². The average molecular weight is 285 g/mol. The average Bonchev–Trinajstić information content (AvgIpc) is 2.28. The van der Waals surface area contributed by atoms with Gasteiger partial charge in [0.2, 0.25) is 5.91 Å². The SMILES string of the molecule is CC(CN)C(=O)N[C@@H](C)c1ccccc1Br. The number of carbonyl (C=O) groups excluding carboxylic acids is 1. The summed E-state index contributed by atoms with van der Waals surface area (Å²) >= 11 is 3.46. The van der Waals surface area contributed by atoms with Crippen LogP contribution in [0, 0.1) is 5.92 Å². The first kappa shape index (κ1) is 13.2. The van der Waals surface area contributed by atoms with Gasteiger partial charge in [0.15, 0.2) is 0 Å². The van der Waals surface area contributed by atoms with Crippen LogP contribution in [0.15, 0.2) is 28.7 Å². The molecule has 1 unspecified atom stereocenters. The van der Waals surface area contributed by atoms with Crippen LogP contribution >= 0.6 is 15.9 Å². The predicted octanol–water partition coefficient (Wildman–Crippen LogP) is 2.22. The van der Waals surface area contributed by atoms with Crippen LogP contribution in [0.2, 0.25) is 0 Å². The molecule has 0 bridgehead atoms. The molecule has 0 fully saturated rings. The van der Waals surface area contributed by atoms with E-state index in [1.54, 1.807) is 0 Å². The van der Waals surface area contributed by atoms with Gasteiger partial charge in [-0.2, -0.15) is 0 Å². The van der Waals surface area contributed by atoms with Crippen molar-refractivity contribution >= 4 is 21.8 Å². The molecule has 3 nitrogen and oxygen atoms in total. The van der Waals surface area contributed by atoms with Crippen LogP contribution in [0.1, 0.15) is 25.5 Å². The third kappa shape index (κ3) is 3.32. The molecule has 0 saturated carbocycles. The summed E-state index contributed by atoms with van der Waals surface area (Å²) in [6.45, 7) is 4.15. The van der Waals surface area contributed by atoms with Gasteiger partial charge in [0.05, 0.1) is 6.04 Å². The third-order valence-corrected chi connectivity index (χ3v) is 3.25. The third-order valence-electron chi connectivity index (χ3n) is 2.53. The highest BCUT2D eigenvalue weighted by atomic mass is 79.9. The summed E-state index contributed by atoms with van der Waals surface area (Å²) in [5.41, 5.74) is 6.52. The smallest absolute Gasteiger partial charge is 0.224 e. The second-order valence-corrected chi connectivity index (χ2v) is 4.74. The number of rotatable bonds is 4. The van der Waals surface area contributed by atoms with E-state index in [0.29, 0.717) is 6.54 Å². The summed E-state index contributed by atoms with van der Waals surface area (Å²) in [4.78, 5) is 11.7. The fourth-order valence-electron chi connectivity index (χ4n) is 1.37. The molecule has 1 amide bonds. The molecule has 1 rings (SSSR count). The van der Waals surface area contributed by atoms with Gasteiger partial charge in [-0.25, -0.2) is 0 Å². The zero-order valence-electron chi connectivity index (χ0n) is 9.53. The number of benzene rings is 1. The van der Waals surface area contributed by atoms with Crippen molar-refractivity contribution < 1.29 is 4.79 Å². The summed E-state index contributed by atoms with van der Waals surface area (Å²) in [6.07, 6.45) is 0. The topological polar surface area (TPSA) is 55.1 Å². The number of nitrogens with one attached hydrogen (secondary N) is 1. The fourth-order valence-corrected chi connectivity index (χ4v) is 1.99. The molecule has 3 N–H and O–H groups in total. The van der Waals surface area contributed by atoms with Crippen LogP contribution in [0.25, 0.3) is 0 Å². The van der Waals surface area contributed by atoms with E-state index in [9.17, 15) is 4.79 Å². The summed E-state index contributed by atoms with van der Waals surface area (Å²) in [5, 5.41) is 2.94. The Morgan fingerprint density at radius 2 is 2.06 bits per heavy atom. The Kier molecular flexibility index (Phi) is 4.96. The standard InChI is InChI=1S/C12H17BrN2O/c1-8(7-14)12(16)15-9(2)10-5-3-4-6-11(10)13/h3-6,8-9H,7,14H2,1-2H3,(H,15,16)/t8?,9-/m0/s1. The largest absolute Gasteiger partial charge is 0.349 e. The Morgan fingerprint density at radius 3 is 2.62 bits per heavy atom. The highest BCUT2D eigenvalue weighted by Crippen LogP contribution is 2.22. The molecule has 0 aliphatic heterocycles. The lowest BCUT2D eigenvalue weighted by atomic mass is 10.1. The molecule has 0 radical (unpaired) electrons. The Bertz CT molecular complexity index is 368. The van der Waals surface area contributed by atoms with Crippen molar-refractivity contribution in [2.45, 2.75) is 19.9 Å². The van der Waals surface area contributed by atoms with Gasteiger partial charge in [-0.1, -0.05) is 41.1 Å². The molecule has 0 aromatic heterocycles. The summed E-state index contributed by atoms with van der Waals surface area (Å²) in [5.74, 6) is -0.157. The second-order valence-electron chi connectivity index (χ2n) is 3.89. The van der Waals surface area contributed by atoms with Crippen LogP contribution in [-0.2, 0) is 4.79 Å². The van der Waals surface area contributed by atoms with Crippen LogP contribution in [0.4, 0.5) is 0 Å². The molecule has 88 valence electrons. The van der Waals surface area contributed by atoms with Crippen molar-refractivity contribution in [3.63, 3.8) is 0 Å². The first-order valence-electron chi connectivity index (χ1n) is 5.31. The monoisotopic (exact) mass is 284 g/mol. The van der Waals surface area contributed by atoms with Gasteiger partial charge in [-0.15, -0.1) is 0 Å². The van der Waals surface area contributed by atoms with E-state index in [1.165, 1.54) is 0 Å². The van der Waals surface area contributed by atoms with E-state index in [-0.39, 0.29) is 17.9 Å². The van der Waals surface area contributed by atoms with Crippen molar-refractivity contribution in [3.8, 4) is 0 Å². The van der Waals surface area contributed by atoms with Crippen LogP contribution in [-0.4, -0.2) is 12.5 Å². The first-order valence-corrected chi connectivity index (χ1v) is 6.10. The highest BCUT2D eigenvalue weighted by molar-refractivity contribution is 9.10. The lowest BCUT2D eigenvalue weighted by Crippen LogP contribution is -2.35. The van der Waals surface area contributed by atoms with Crippen molar-refractivity contribution in [2.24, 2.45) is 11.7 Å². The van der Waals surface area contributed by atoms with E-state index in [0.717, 1.165) is 10.0 Å². The van der Waals surface area contributed by atoms with E-state index >= 15 is 0 Å². The van der Waals surface area contributed by atoms with Gasteiger partial charge in [0, 0.05) is 16.9 Å². The molecule has 1 aromatic carbocycles. The fraction of sp³-hybridized carbons (Fsp3) is 0.417. The van der Waals surface area contributed by atoms with Crippen LogP contribution < -0.4 is 11.1 Å². The first-order chi connectivity index (χ1) is 7.56. The van der Waals surface area contributed by atoms with E-state index in [4.69, 9.17) is 5.73 Å². The zero-order chi connectivity index (χ0) is 12.1. The normalized spacial score (nSPS) is 14.2. The highest BCUT2D eigenvalue weighted by Gasteiger charge is 2.15. The second kappa shape index (κ2) is 6.01. The maximum absolute atomic E-state index is 11.7. The Labute approximate surface area is 105 Å². The maximum atomic E-state index is 11.7. The molecule has 0 saturated heterocycles. The molecule has 0 aliphatic carbocycles. The number of hydrogen-bond donors (Lipinski definition) is 2. The lowest BCUT2D eigenvalue weighted by molar-refractivity contribution is -0.124. The molecule has 4 heteroatoms. The van der Waals surface area contributed by atoms with Crippen LogP contribution in [0.5, 0.6) is 0 Å². The molecule has 0 aliphatic rings. The predicted molar refractivity (Wildman–Crippen MR) is 68.9 cm³/mol. The van der Waals surface area contributed by atoms with Gasteiger partial charge < -0.3 is 11.1 Å². The maximum Gasteiger partial charge on any atom is 0.224 e. The van der Waals surface area contributed by atoms with Crippen molar-refractivity contribution in [1.29, 1.82) is 0 Å². The van der Waals surface area contributed by atoms with Crippen LogP contribution in [0.3, 0.4) is 0 Å². The number of halogens is 1. The van der Waals surface area contributed by atoms with E-state index < -0.39 is 0 Å². The molecular weight excluding hydrogens is 268 g/mol. The zero-order valence-corrected chi connectivity index (χ0v) is 11.1. The molecule has 16 heavy (non-hydrogen) atoms. The summed E-state index contributed by atoms with van der Waals surface area (Å²) in [6, 6.07) is 7.84. The van der Waals surface area contributed by atoms with Crippen molar-refractivity contribution in [1.82, 2.24) is 5.32 Å². The van der Waals surface area contributed by atoms with Gasteiger partial charge >= 0.3 is 0 Å². The van der Waals surface area contributed by atoms with Gasteiger partial charge in [0.25, 0.3) is 0 Å². The minimum atomic E-state index is -0.148. The van der Waals surface area contributed by atoms with Gasteiger partial charge in [0.1, 0.15) is 0 Å². The van der Waals surface area contributed by atoms with Gasteiger partial charge in [-0.3, -0.25) is 4.79 Å². The lowest BCUT2D eigenvalue weighted by Gasteiger charge is -2.18. The number of amides is 1. The Balaban J connectivity index is 2.69. The van der Waals surface area contributed by atoms with Crippen molar-refractivity contribution in [2.75, 3.05) is 6.54 Å². The molecule has 0 spiro atoms. The molecular formula is C12H17BrN2O. The minimum Gasteiger partial charge on any atom is -0.349 e. The quantitative estimate of drug-likeness (QED) is 0.891. The molecule has 0 heterocycles. The summed E-state index contributed by atoms with van der Waals surface area (Å²) in [7, 11) is 0. The number of carbonyl (C=O) groups is 1. The van der Waals surface area contributed by atoms with E-state index in [1.807, 2.05) is 38.1 Å².